The van der Waals surface area contributed by atoms with Crippen LogP contribution in [0.3, 0.4) is 0 Å². The highest BCUT2D eigenvalue weighted by atomic mass is 35.5. The van der Waals surface area contributed by atoms with Crippen LogP contribution in [0.1, 0.15) is 12.1 Å². The molecular weight excluding hydrogens is 198 g/mol. The molecule has 0 saturated heterocycles. The van der Waals surface area contributed by atoms with Gasteiger partial charge in [-0.15, -0.1) is 0 Å². The van der Waals surface area contributed by atoms with Crippen molar-refractivity contribution in [1.82, 2.24) is 10.3 Å². The monoisotopic (exact) mass is 209 g/mol. The molecule has 0 spiro atoms. The van der Waals surface area contributed by atoms with Gasteiger partial charge >= 0.3 is 0 Å². The average molecular weight is 210 g/mol. The molecule has 0 aliphatic carbocycles. The van der Waals surface area contributed by atoms with Crippen LogP contribution in [-0.4, -0.2) is 18.6 Å². The summed E-state index contributed by atoms with van der Waals surface area (Å²) in [6.45, 7) is 0.871. The van der Waals surface area contributed by atoms with Crippen LogP contribution in [-0.2, 0) is 0 Å². The van der Waals surface area contributed by atoms with E-state index in [0.29, 0.717) is 16.5 Å². The summed E-state index contributed by atoms with van der Waals surface area (Å²) in [5.41, 5.74) is 6.64. The van der Waals surface area contributed by atoms with Gasteiger partial charge < -0.3 is 11.1 Å². The Morgan fingerprint density at radius 3 is 3.00 bits per heavy atom. The van der Waals surface area contributed by atoms with Crippen molar-refractivity contribution in [2.24, 2.45) is 0 Å². The maximum absolute atomic E-state index is 5.74. The maximum atomic E-state index is 5.74. The molecule has 0 amide bonds. The van der Waals surface area contributed by atoms with Crippen molar-refractivity contribution in [2.45, 2.75) is 6.42 Å². The van der Waals surface area contributed by atoms with E-state index in [1.807, 2.05) is 7.05 Å². The van der Waals surface area contributed by atoms with Gasteiger partial charge in [0, 0.05) is 13.0 Å². The zero-order valence-electron chi connectivity index (χ0n) is 7.97. The van der Waals surface area contributed by atoms with E-state index in [9.17, 15) is 0 Å². The van der Waals surface area contributed by atoms with Gasteiger partial charge in [0.05, 0.1) is 5.69 Å². The van der Waals surface area contributed by atoms with Crippen molar-refractivity contribution in [3.63, 3.8) is 0 Å². The van der Waals surface area contributed by atoms with Crippen LogP contribution in [0.2, 0.25) is 5.15 Å². The fraction of sp³-hybridized carbons (Fsp3) is 0.300. The van der Waals surface area contributed by atoms with Crippen LogP contribution in [0.15, 0.2) is 12.1 Å². The van der Waals surface area contributed by atoms with E-state index in [1.54, 1.807) is 12.1 Å². The van der Waals surface area contributed by atoms with E-state index in [2.05, 4.69) is 22.1 Å². The zero-order valence-corrected chi connectivity index (χ0v) is 8.73. The predicted octanol–water partition coefficient (Wildman–Crippen LogP) is 1.28. The first-order chi connectivity index (χ1) is 6.74. The average Bonchev–Trinajstić information content (AvgIpc) is 2.18. The minimum Gasteiger partial charge on any atom is -0.396 e. The van der Waals surface area contributed by atoms with Gasteiger partial charge in [-0.05, 0) is 25.1 Å². The van der Waals surface area contributed by atoms with Crippen LogP contribution in [0, 0.1) is 11.8 Å². The zero-order chi connectivity index (χ0) is 10.4. The number of nitrogens with zero attached hydrogens (tertiary/aromatic N) is 1. The van der Waals surface area contributed by atoms with Crippen molar-refractivity contribution in [3.8, 4) is 11.8 Å². The first kappa shape index (κ1) is 10.8. The number of pyridine rings is 1. The number of halogens is 1. The lowest BCUT2D eigenvalue weighted by atomic mass is 10.3. The molecule has 1 rings (SSSR count). The standard InChI is InChI=1S/C10H12ClN3/c1-13-7-3-2-4-8-5-6-9(12)10(11)14-8/h5-6,13H,3,7,12H2,1H3. The van der Waals surface area contributed by atoms with Gasteiger partial charge in [-0.3, -0.25) is 0 Å². The molecule has 0 unspecified atom stereocenters. The summed E-state index contributed by atoms with van der Waals surface area (Å²) in [6, 6.07) is 3.46. The molecule has 1 aromatic rings. The number of hydrogen-bond acceptors (Lipinski definition) is 3. The topological polar surface area (TPSA) is 50.9 Å². The fourth-order valence-electron chi connectivity index (χ4n) is 0.855. The summed E-state index contributed by atoms with van der Waals surface area (Å²) in [5, 5.41) is 3.32. The highest BCUT2D eigenvalue weighted by Crippen LogP contribution is 2.14. The van der Waals surface area contributed by atoms with Crippen LogP contribution in [0.5, 0.6) is 0 Å². The van der Waals surface area contributed by atoms with Crippen LogP contribution in [0.25, 0.3) is 0 Å². The third-order valence-corrected chi connectivity index (χ3v) is 1.90. The van der Waals surface area contributed by atoms with E-state index in [1.165, 1.54) is 0 Å². The van der Waals surface area contributed by atoms with E-state index < -0.39 is 0 Å². The molecule has 0 aromatic carbocycles. The number of aromatic nitrogens is 1. The van der Waals surface area contributed by atoms with Crippen LogP contribution in [0.4, 0.5) is 5.69 Å². The highest BCUT2D eigenvalue weighted by Gasteiger charge is 1.96. The van der Waals surface area contributed by atoms with E-state index in [4.69, 9.17) is 17.3 Å². The minimum absolute atomic E-state index is 0.311. The number of anilines is 1. The van der Waals surface area contributed by atoms with Crippen molar-refractivity contribution >= 4 is 17.3 Å². The molecule has 74 valence electrons. The summed E-state index contributed by atoms with van der Waals surface area (Å²) in [5.74, 6) is 5.88. The van der Waals surface area contributed by atoms with Gasteiger partial charge in [0.25, 0.3) is 0 Å². The van der Waals surface area contributed by atoms with Crippen LogP contribution < -0.4 is 11.1 Å². The minimum atomic E-state index is 0.311. The van der Waals surface area contributed by atoms with Crippen molar-refractivity contribution < 1.29 is 0 Å². The molecule has 4 heteroatoms. The van der Waals surface area contributed by atoms with Gasteiger partial charge in [0.2, 0.25) is 0 Å². The second-order valence-electron chi connectivity index (χ2n) is 2.73. The lowest BCUT2D eigenvalue weighted by molar-refractivity contribution is 0.818. The molecule has 3 nitrogen and oxygen atoms in total. The Labute approximate surface area is 88.7 Å². The Morgan fingerprint density at radius 1 is 1.57 bits per heavy atom. The van der Waals surface area contributed by atoms with Gasteiger partial charge in [0.1, 0.15) is 5.69 Å². The summed E-state index contributed by atoms with van der Waals surface area (Å²) in [4.78, 5) is 4.02. The Balaban J connectivity index is 2.66. The first-order valence-corrected chi connectivity index (χ1v) is 4.67. The number of rotatable bonds is 2. The molecule has 3 N–H and O–H groups in total. The third-order valence-electron chi connectivity index (χ3n) is 1.59. The molecule has 0 radical (unpaired) electrons. The van der Waals surface area contributed by atoms with Crippen LogP contribution >= 0.6 is 11.6 Å². The summed E-state index contributed by atoms with van der Waals surface area (Å²) in [6.07, 6.45) is 0.792. The maximum Gasteiger partial charge on any atom is 0.153 e. The molecule has 0 saturated carbocycles. The molecule has 1 heterocycles. The molecule has 0 fully saturated rings. The SMILES string of the molecule is CNCCC#Cc1ccc(N)c(Cl)n1. The highest BCUT2D eigenvalue weighted by molar-refractivity contribution is 6.31. The summed E-state index contributed by atoms with van der Waals surface area (Å²) < 4.78 is 0. The largest absolute Gasteiger partial charge is 0.396 e. The van der Waals surface area contributed by atoms with E-state index in [-0.39, 0.29) is 0 Å². The Hall–Kier alpha value is -1.24. The second-order valence-corrected chi connectivity index (χ2v) is 3.09. The number of nitrogens with two attached hydrogens (primary N) is 1. The summed E-state index contributed by atoms with van der Waals surface area (Å²) >= 11 is 5.74. The van der Waals surface area contributed by atoms with Crippen molar-refractivity contribution in [3.05, 3.63) is 23.0 Å². The molecular formula is C10H12ClN3. The van der Waals surface area contributed by atoms with E-state index in [0.717, 1.165) is 13.0 Å². The van der Waals surface area contributed by atoms with E-state index >= 15 is 0 Å². The normalized spacial score (nSPS) is 9.29. The molecule has 0 atom stereocenters. The Kier molecular flexibility index (Phi) is 4.24. The van der Waals surface area contributed by atoms with Gasteiger partial charge in [-0.1, -0.05) is 17.5 Å². The molecule has 14 heavy (non-hydrogen) atoms. The lowest BCUT2D eigenvalue weighted by Crippen LogP contribution is -2.05. The van der Waals surface area contributed by atoms with Gasteiger partial charge in [-0.2, -0.15) is 0 Å². The van der Waals surface area contributed by atoms with Gasteiger partial charge in [-0.25, -0.2) is 4.98 Å². The number of nitrogens with one attached hydrogen (secondary N) is 1. The molecule has 0 aliphatic rings. The fourth-order valence-corrected chi connectivity index (χ4v) is 1.01. The number of hydrogen-bond donors (Lipinski definition) is 2. The third kappa shape index (κ3) is 3.25. The predicted molar refractivity (Wildman–Crippen MR) is 59.1 cm³/mol. The van der Waals surface area contributed by atoms with Crippen molar-refractivity contribution in [2.75, 3.05) is 19.3 Å². The quantitative estimate of drug-likeness (QED) is 0.438. The first-order valence-electron chi connectivity index (χ1n) is 4.29. The smallest absolute Gasteiger partial charge is 0.153 e. The van der Waals surface area contributed by atoms with Gasteiger partial charge in [0.15, 0.2) is 5.15 Å². The second kappa shape index (κ2) is 5.48. The molecule has 0 bridgehead atoms. The molecule has 0 aliphatic heterocycles. The van der Waals surface area contributed by atoms with Crippen molar-refractivity contribution in [1.29, 1.82) is 0 Å². The lowest BCUT2D eigenvalue weighted by Gasteiger charge is -1.95. The number of nitrogen functional groups attached to an aromatic ring is 1. The Bertz CT molecular complexity index is 365. The Morgan fingerprint density at radius 2 is 2.36 bits per heavy atom. The summed E-state index contributed by atoms with van der Waals surface area (Å²) in [7, 11) is 1.89. The molecule has 1 aromatic heterocycles.